The van der Waals surface area contributed by atoms with Crippen molar-refractivity contribution >= 4 is 24.8 Å². The topological polar surface area (TPSA) is 28.2 Å². The normalized spacial score (nSPS) is 6.46. The van der Waals surface area contributed by atoms with E-state index in [1.807, 2.05) is 27.7 Å². The molecule has 0 aromatic heterocycles. The Morgan fingerprint density at radius 2 is 0.769 bits per heavy atom. The number of hydrogen-bond acceptors (Lipinski definition) is 0. The van der Waals surface area contributed by atoms with Crippen LogP contribution in [0.15, 0.2) is 0 Å². The predicted octanol–water partition coefficient (Wildman–Crippen LogP) is 3.64. The number of hydrogen-bond donors (Lipinski definition) is 0. The van der Waals surface area contributed by atoms with Gasteiger partial charge in [0.05, 0.1) is 0 Å². The average Bonchev–Trinajstić information content (AvgIpc) is 1.93. The van der Waals surface area contributed by atoms with Crippen molar-refractivity contribution < 1.29 is 26.2 Å². The molecule has 0 aromatic rings. The molecule has 0 N–H and O–H groups in total. The molecule has 0 spiro atoms. The number of rotatable bonds is 4. The number of nitrogens with zero attached hydrogens (tertiary/aromatic N) is 2. The van der Waals surface area contributed by atoms with Gasteiger partial charge in [-0.15, -0.1) is 24.8 Å². The molecule has 0 rings (SSSR count). The maximum Gasteiger partial charge on any atom is 2.00 e. The van der Waals surface area contributed by atoms with Gasteiger partial charge in [0.25, 0.3) is 0 Å². The minimum atomic E-state index is 0. The molecule has 0 aromatic carbocycles. The van der Waals surface area contributed by atoms with E-state index in [0.717, 1.165) is 26.2 Å². The summed E-state index contributed by atoms with van der Waals surface area (Å²) in [6.07, 6.45) is 0. The van der Waals surface area contributed by atoms with Crippen LogP contribution in [0.4, 0.5) is 0 Å². The van der Waals surface area contributed by atoms with Gasteiger partial charge in [-0.05, 0) is 0 Å². The molecular formula is C8H22Cl2N2Zr. The molecule has 13 heavy (non-hydrogen) atoms. The van der Waals surface area contributed by atoms with Crippen LogP contribution in [0.5, 0.6) is 0 Å². The van der Waals surface area contributed by atoms with Crippen LogP contribution < -0.4 is 0 Å². The van der Waals surface area contributed by atoms with E-state index in [1.54, 1.807) is 0 Å². The summed E-state index contributed by atoms with van der Waals surface area (Å²) in [7, 11) is 0. The first-order valence-electron chi connectivity index (χ1n) is 4.09. The van der Waals surface area contributed by atoms with Crippen molar-refractivity contribution in [2.75, 3.05) is 26.2 Å². The van der Waals surface area contributed by atoms with Gasteiger partial charge in [0.15, 0.2) is 0 Å². The van der Waals surface area contributed by atoms with E-state index in [2.05, 4.69) is 10.6 Å². The summed E-state index contributed by atoms with van der Waals surface area (Å²) in [5.74, 6) is 0. The quantitative estimate of drug-likeness (QED) is 0.758. The number of halogens is 2. The van der Waals surface area contributed by atoms with Crippen LogP contribution in [0.1, 0.15) is 27.7 Å². The Balaban J connectivity index is -0.0000000267. The molecule has 2 nitrogen and oxygen atoms in total. The fourth-order valence-electron chi connectivity index (χ4n) is 0.447. The molecule has 82 valence electrons. The summed E-state index contributed by atoms with van der Waals surface area (Å²) < 4.78 is 0. The summed E-state index contributed by atoms with van der Waals surface area (Å²) in [5, 5.41) is 7.94. The summed E-state index contributed by atoms with van der Waals surface area (Å²) in [6, 6.07) is 0. The molecule has 0 heterocycles. The maximum absolute atomic E-state index is 3.97. The van der Waals surface area contributed by atoms with Crippen LogP contribution in [-0.2, 0) is 26.2 Å². The molecule has 0 aliphatic heterocycles. The van der Waals surface area contributed by atoms with E-state index >= 15 is 0 Å². The molecule has 0 bridgehead atoms. The first kappa shape index (κ1) is 29.3. The standard InChI is InChI=1S/2C4H10N.2ClH.Zr/c2*1-3-5-4-2;;;/h2*3-4H2,1-2H3;2*1H;/q2*-1;;;+2. The van der Waals surface area contributed by atoms with Crippen molar-refractivity contribution in [2.24, 2.45) is 0 Å². The van der Waals surface area contributed by atoms with Gasteiger partial charge in [0.1, 0.15) is 0 Å². The van der Waals surface area contributed by atoms with E-state index in [4.69, 9.17) is 0 Å². The second-order valence-corrected chi connectivity index (χ2v) is 1.71. The second kappa shape index (κ2) is 37.6. The molecule has 0 unspecified atom stereocenters. The van der Waals surface area contributed by atoms with Crippen LogP contribution in [0.25, 0.3) is 10.6 Å². The second-order valence-electron chi connectivity index (χ2n) is 1.71. The Kier molecular flexibility index (Phi) is 84.7. The zero-order valence-corrected chi connectivity index (χ0v) is 13.1. The smallest absolute Gasteiger partial charge is 0.663 e. The largest absolute Gasteiger partial charge is 2.00 e. The molecule has 0 radical (unpaired) electrons. The van der Waals surface area contributed by atoms with Gasteiger partial charge in [0.2, 0.25) is 0 Å². The van der Waals surface area contributed by atoms with Gasteiger partial charge in [-0.25, -0.2) is 0 Å². The Labute approximate surface area is 115 Å². The van der Waals surface area contributed by atoms with Crippen LogP contribution in [-0.4, -0.2) is 26.2 Å². The van der Waals surface area contributed by atoms with E-state index < -0.39 is 0 Å². The molecule has 0 amide bonds. The van der Waals surface area contributed by atoms with Crippen molar-refractivity contribution in [2.45, 2.75) is 27.7 Å². The molecule has 0 aliphatic rings. The van der Waals surface area contributed by atoms with Crippen LogP contribution in [0.3, 0.4) is 0 Å². The molecule has 5 heteroatoms. The fourth-order valence-corrected chi connectivity index (χ4v) is 0.447. The van der Waals surface area contributed by atoms with E-state index in [1.165, 1.54) is 0 Å². The molecule has 0 fully saturated rings. The Morgan fingerprint density at radius 3 is 0.769 bits per heavy atom. The third kappa shape index (κ3) is 59.8. The van der Waals surface area contributed by atoms with Crippen molar-refractivity contribution in [3.05, 3.63) is 10.6 Å². The van der Waals surface area contributed by atoms with E-state index in [-0.39, 0.29) is 51.0 Å². The van der Waals surface area contributed by atoms with Crippen molar-refractivity contribution in [1.82, 2.24) is 0 Å². The van der Waals surface area contributed by atoms with Gasteiger partial charge >= 0.3 is 26.2 Å². The third-order valence-corrected chi connectivity index (χ3v) is 0.894. The van der Waals surface area contributed by atoms with E-state index in [0.29, 0.717) is 0 Å². The van der Waals surface area contributed by atoms with Gasteiger partial charge < -0.3 is 10.6 Å². The zero-order chi connectivity index (χ0) is 8.24. The first-order valence-corrected chi connectivity index (χ1v) is 4.09. The maximum atomic E-state index is 3.97. The summed E-state index contributed by atoms with van der Waals surface area (Å²) in [6.45, 7) is 12.1. The fraction of sp³-hybridized carbons (Fsp3) is 1.00. The predicted molar refractivity (Wildman–Crippen MR) is 63.4 cm³/mol. The van der Waals surface area contributed by atoms with Crippen molar-refractivity contribution in [3.8, 4) is 0 Å². The van der Waals surface area contributed by atoms with Gasteiger partial charge in [-0.1, -0.05) is 27.7 Å². The van der Waals surface area contributed by atoms with E-state index in [9.17, 15) is 0 Å². The molecule has 0 saturated heterocycles. The van der Waals surface area contributed by atoms with Crippen LogP contribution in [0, 0.1) is 0 Å². The van der Waals surface area contributed by atoms with Gasteiger partial charge in [-0.3, -0.25) is 0 Å². The van der Waals surface area contributed by atoms with Gasteiger partial charge in [0, 0.05) is 0 Å². The zero-order valence-electron chi connectivity index (χ0n) is 9.04. The molecular weight excluding hydrogens is 286 g/mol. The van der Waals surface area contributed by atoms with Gasteiger partial charge in [-0.2, -0.15) is 26.2 Å². The summed E-state index contributed by atoms with van der Waals surface area (Å²) in [5.41, 5.74) is 0. The molecule has 0 saturated carbocycles. The van der Waals surface area contributed by atoms with Crippen molar-refractivity contribution in [3.63, 3.8) is 0 Å². The molecule has 0 aliphatic carbocycles. The van der Waals surface area contributed by atoms with Crippen LogP contribution >= 0.6 is 24.8 Å². The average molecular weight is 308 g/mol. The molecule has 0 atom stereocenters. The van der Waals surface area contributed by atoms with Crippen molar-refractivity contribution in [1.29, 1.82) is 0 Å². The summed E-state index contributed by atoms with van der Waals surface area (Å²) >= 11 is 0. The monoisotopic (exact) mass is 306 g/mol. The Morgan fingerprint density at radius 1 is 0.615 bits per heavy atom. The minimum absolute atomic E-state index is 0. The van der Waals surface area contributed by atoms with Crippen LogP contribution in [0.2, 0.25) is 0 Å². The first-order chi connectivity index (χ1) is 4.83. The summed E-state index contributed by atoms with van der Waals surface area (Å²) in [4.78, 5) is 0. The minimum Gasteiger partial charge on any atom is -0.663 e. The SMILES string of the molecule is CC[N-]CC.CC[N-]CC.Cl.Cl.[Zr+2]. The third-order valence-electron chi connectivity index (χ3n) is 0.894. The Hall–Kier alpha value is 1.38. The Bertz CT molecular complexity index is 41.1.